The van der Waals surface area contributed by atoms with Gasteiger partial charge >= 0.3 is 37.5 Å². The molecule has 0 heterocycles. The predicted octanol–water partition coefficient (Wildman–Crippen LogP) is -0.664. The molecule has 0 fully saturated rings. The van der Waals surface area contributed by atoms with Gasteiger partial charge < -0.3 is 0 Å². The van der Waals surface area contributed by atoms with Gasteiger partial charge in [-0.05, 0) is 0 Å². The van der Waals surface area contributed by atoms with Crippen LogP contribution in [-0.2, 0) is 24.5 Å². The Kier molecular flexibility index (Phi) is 1.43. The van der Waals surface area contributed by atoms with Crippen LogP contribution in [0.15, 0.2) is 0 Å². The molecule has 0 aliphatic carbocycles. The van der Waals surface area contributed by atoms with Gasteiger partial charge in [-0.3, -0.25) is 0 Å². The third-order valence-electron chi connectivity index (χ3n) is 0. The second kappa shape index (κ2) is 1.30. The predicted molar refractivity (Wildman–Crippen MR) is 11.5 cm³/mol. The Morgan fingerprint density at radius 1 is 1.60 bits per heavy atom. The SMILES string of the molecule is O=[S](=O)(O)[V]. The maximum absolute atomic E-state index is 9.16. The molecule has 0 bridgehead atoms. The van der Waals surface area contributed by atoms with Crippen molar-refractivity contribution in [3.05, 3.63) is 0 Å². The van der Waals surface area contributed by atoms with E-state index >= 15 is 0 Å². The van der Waals surface area contributed by atoms with Crippen LogP contribution in [-0.4, -0.2) is 13.0 Å². The van der Waals surface area contributed by atoms with Crippen molar-refractivity contribution in [2.24, 2.45) is 0 Å². The molecular weight excluding hydrogens is 131 g/mol. The quantitative estimate of drug-likeness (QED) is 0.445. The normalized spacial score (nSPS) is 11.4. The van der Waals surface area contributed by atoms with Crippen molar-refractivity contribution in [2.45, 2.75) is 0 Å². The van der Waals surface area contributed by atoms with E-state index in [1.807, 2.05) is 0 Å². The summed E-state index contributed by atoms with van der Waals surface area (Å²) in [5.41, 5.74) is 0. The minimum atomic E-state index is -3.73. The molecule has 0 saturated carbocycles. The molecule has 0 atom stereocenters. The summed E-state index contributed by atoms with van der Waals surface area (Å²) in [7, 11) is -3.73. The van der Waals surface area contributed by atoms with Crippen LogP contribution in [0.3, 0.4) is 0 Å². The standard InChI is InChI=1S/HO3S.V/c1-4(2)3;/h(H,1,2,3);. The molecule has 1 N–H and O–H groups in total. The molecule has 0 aromatic rings. The van der Waals surface area contributed by atoms with E-state index in [0.29, 0.717) is 0 Å². The molecular formula is HO3SV. The number of rotatable bonds is 0. The van der Waals surface area contributed by atoms with Gasteiger partial charge in [-0.2, -0.15) is 0 Å². The fourth-order valence-electron chi connectivity index (χ4n) is 0. The van der Waals surface area contributed by atoms with Crippen LogP contribution in [0.5, 0.6) is 0 Å². The van der Waals surface area contributed by atoms with E-state index in [4.69, 9.17) is 13.0 Å². The molecule has 0 aromatic heterocycles. The van der Waals surface area contributed by atoms with Crippen molar-refractivity contribution in [2.75, 3.05) is 0 Å². The molecule has 0 radical (unpaired) electrons. The Hall–Kier alpha value is 0.494. The first-order valence-corrected chi connectivity index (χ1v) is 3.81. The van der Waals surface area contributed by atoms with E-state index in [0.717, 1.165) is 16.2 Å². The molecule has 5 heteroatoms. The Morgan fingerprint density at radius 2 is 1.60 bits per heavy atom. The van der Waals surface area contributed by atoms with Crippen molar-refractivity contribution in [3.63, 3.8) is 0 Å². The summed E-state index contributed by atoms with van der Waals surface area (Å²) in [6.45, 7) is 0. The van der Waals surface area contributed by atoms with E-state index in [-0.39, 0.29) is 0 Å². The monoisotopic (exact) mass is 132 g/mol. The van der Waals surface area contributed by atoms with Gasteiger partial charge in [0.15, 0.2) is 0 Å². The Balaban J connectivity index is 4.06. The van der Waals surface area contributed by atoms with Gasteiger partial charge in [0.1, 0.15) is 0 Å². The molecule has 30 valence electrons. The zero-order valence-electron chi connectivity index (χ0n) is 2.12. The van der Waals surface area contributed by atoms with Gasteiger partial charge in [0.05, 0.1) is 0 Å². The van der Waals surface area contributed by atoms with Crippen molar-refractivity contribution in [1.82, 2.24) is 0 Å². The summed E-state index contributed by atoms with van der Waals surface area (Å²) in [6, 6.07) is 0. The fraction of sp³-hybridized carbons (Fsp3) is 0. The molecule has 0 spiro atoms. The summed E-state index contributed by atoms with van der Waals surface area (Å²) < 4.78 is 25.8. The number of hydrogen-bond acceptors (Lipinski definition) is 2. The summed E-state index contributed by atoms with van der Waals surface area (Å²) in [5, 5.41) is 0. The molecule has 0 aromatic carbocycles. The van der Waals surface area contributed by atoms with Crippen LogP contribution in [0.2, 0.25) is 0 Å². The summed E-state index contributed by atoms with van der Waals surface area (Å²) >= 11 is 1.11. The second-order valence-corrected chi connectivity index (χ2v) is 3.51. The molecule has 0 amide bonds. The zero-order chi connectivity index (χ0) is 4.50. The van der Waals surface area contributed by atoms with Gasteiger partial charge in [0.2, 0.25) is 0 Å². The van der Waals surface area contributed by atoms with E-state index in [1.165, 1.54) is 0 Å². The Bertz CT molecular complexity index is 90.1. The van der Waals surface area contributed by atoms with Crippen LogP contribution in [0, 0.1) is 0 Å². The first kappa shape index (κ1) is 5.49. The second-order valence-electron chi connectivity index (χ2n) is 0.448. The van der Waals surface area contributed by atoms with E-state index in [9.17, 15) is 0 Å². The maximum atomic E-state index is 9.16. The molecule has 0 saturated heterocycles. The first-order chi connectivity index (χ1) is 2.00. The van der Waals surface area contributed by atoms with Crippen LogP contribution in [0.4, 0.5) is 0 Å². The van der Waals surface area contributed by atoms with Crippen LogP contribution < -0.4 is 0 Å². The van der Waals surface area contributed by atoms with Gasteiger partial charge in [-0.1, -0.05) is 0 Å². The third-order valence-corrected chi connectivity index (χ3v) is 0. The van der Waals surface area contributed by atoms with Crippen molar-refractivity contribution < 1.29 is 29.2 Å². The average Bonchev–Trinajstić information content (AvgIpc) is 0.722. The van der Waals surface area contributed by atoms with Crippen molar-refractivity contribution >= 4 is 8.27 Å². The van der Waals surface area contributed by atoms with E-state index in [2.05, 4.69) is 0 Å². The van der Waals surface area contributed by atoms with Crippen LogP contribution in [0.25, 0.3) is 0 Å². The van der Waals surface area contributed by atoms with Gasteiger partial charge in [0, 0.05) is 0 Å². The Morgan fingerprint density at radius 3 is 1.60 bits per heavy atom. The zero-order valence-corrected chi connectivity index (χ0v) is 4.33. The molecule has 0 unspecified atom stereocenters. The van der Waals surface area contributed by atoms with Crippen LogP contribution >= 0.6 is 0 Å². The fourth-order valence-corrected chi connectivity index (χ4v) is 0. The third kappa shape index (κ3) is 114. The molecule has 0 aliphatic rings. The molecule has 3 nitrogen and oxygen atoms in total. The topological polar surface area (TPSA) is 54.4 Å². The van der Waals surface area contributed by atoms with Crippen molar-refractivity contribution in [1.29, 1.82) is 0 Å². The molecule has 0 aliphatic heterocycles. The van der Waals surface area contributed by atoms with Gasteiger partial charge in [-0.25, -0.2) is 0 Å². The van der Waals surface area contributed by atoms with E-state index < -0.39 is 8.27 Å². The van der Waals surface area contributed by atoms with Gasteiger partial charge in [-0.15, -0.1) is 0 Å². The van der Waals surface area contributed by atoms with Crippen LogP contribution in [0.1, 0.15) is 0 Å². The molecule has 0 rings (SSSR count). The van der Waals surface area contributed by atoms with E-state index in [1.54, 1.807) is 0 Å². The summed E-state index contributed by atoms with van der Waals surface area (Å²) in [4.78, 5) is 0. The first-order valence-electron chi connectivity index (χ1n) is 0.698. The summed E-state index contributed by atoms with van der Waals surface area (Å²) in [6.07, 6.45) is 0. The Labute approximate surface area is 38.0 Å². The van der Waals surface area contributed by atoms with Gasteiger partial charge in [0.25, 0.3) is 0 Å². The average molecular weight is 132 g/mol. The summed E-state index contributed by atoms with van der Waals surface area (Å²) in [5.74, 6) is 0. The minimum absolute atomic E-state index is 1.11. The molecule has 5 heavy (non-hydrogen) atoms. The van der Waals surface area contributed by atoms with Crippen molar-refractivity contribution in [3.8, 4) is 0 Å². The number of hydrogen-bond donors (Lipinski definition) is 1.